The average molecular weight is 254 g/mol. The number of nitrogens with zero attached hydrogens (tertiary/aromatic N) is 2. The molecule has 1 atom stereocenters. The Hall–Kier alpha value is -2.71. The van der Waals surface area contributed by atoms with Crippen molar-refractivity contribution in [1.82, 2.24) is 4.98 Å². The van der Waals surface area contributed by atoms with Crippen LogP contribution in [0.5, 0.6) is 0 Å². The molecule has 0 saturated heterocycles. The number of amides is 1. The van der Waals surface area contributed by atoms with Gasteiger partial charge in [0.1, 0.15) is 18.1 Å². The molecule has 4 N–H and O–H groups in total. The van der Waals surface area contributed by atoms with E-state index in [4.69, 9.17) is 10.8 Å². The fourth-order valence-electron chi connectivity index (χ4n) is 1.12. The third kappa shape index (κ3) is 2.90. The van der Waals surface area contributed by atoms with Crippen molar-refractivity contribution in [3.8, 4) is 0 Å². The van der Waals surface area contributed by atoms with Gasteiger partial charge in [-0.2, -0.15) is 0 Å². The van der Waals surface area contributed by atoms with Crippen LogP contribution in [0.2, 0.25) is 0 Å². The highest BCUT2D eigenvalue weighted by Crippen LogP contribution is 2.19. The highest BCUT2D eigenvalue weighted by atomic mass is 16.6. The predicted molar refractivity (Wildman–Crippen MR) is 60.1 cm³/mol. The molecule has 9 nitrogen and oxygen atoms in total. The number of carbonyl (C=O) groups excluding carboxylic acids is 1. The molecule has 0 spiro atoms. The second kappa shape index (κ2) is 5.08. The number of anilines is 1. The Morgan fingerprint density at radius 2 is 2.22 bits per heavy atom. The minimum atomic E-state index is -1.16. The normalized spacial score (nSPS) is 11.6. The molecule has 0 radical (unpaired) electrons. The van der Waals surface area contributed by atoms with Crippen molar-refractivity contribution in [3.63, 3.8) is 0 Å². The van der Waals surface area contributed by atoms with Gasteiger partial charge in [0.05, 0.1) is 10.5 Å². The Labute approximate surface area is 101 Å². The Bertz CT molecular complexity index is 516. The summed E-state index contributed by atoms with van der Waals surface area (Å²) < 4.78 is 0. The molecule has 0 bridgehead atoms. The van der Waals surface area contributed by atoms with Gasteiger partial charge in [-0.1, -0.05) is 0 Å². The number of primary amides is 1. The summed E-state index contributed by atoms with van der Waals surface area (Å²) in [5, 5.41) is 21.6. The first kappa shape index (κ1) is 13.4. The van der Waals surface area contributed by atoms with Crippen LogP contribution in [0.15, 0.2) is 12.3 Å². The number of aromatic nitrogens is 1. The van der Waals surface area contributed by atoms with Gasteiger partial charge in [0.2, 0.25) is 0 Å². The van der Waals surface area contributed by atoms with E-state index in [1.54, 1.807) is 0 Å². The third-order valence-corrected chi connectivity index (χ3v) is 2.07. The molecule has 9 heteroatoms. The lowest BCUT2D eigenvalue weighted by Crippen LogP contribution is -2.28. The van der Waals surface area contributed by atoms with Crippen LogP contribution in [0.4, 0.5) is 11.5 Å². The van der Waals surface area contributed by atoms with Gasteiger partial charge >= 0.3 is 5.97 Å². The number of pyridine rings is 1. The van der Waals surface area contributed by atoms with Gasteiger partial charge in [-0.3, -0.25) is 19.7 Å². The molecule has 0 saturated carbocycles. The number of nitro groups is 1. The van der Waals surface area contributed by atoms with E-state index < -0.39 is 28.5 Å². The van der Waals surface area contributed by atoms with Crippen molar-refractivity contribution < 1.29 is 19.6 Å². The maximum atomic E-state index is 11.1. The van der Waals surface area contributed by atoms with Gasteiger partial charge in [0, 0.05) is 6.07 Å². The molecule has 0 aliphatic rings. The second-order valence-electron chi connectivity index (χ2n) is 3.42. The maximum Gasteiger partial charge on any atom is 0.325 e. The molecule has 1 heterocycles. The number of carbonyl (C=O) groups is 2. The largest absolute Gasteiger partial charge is 0.480 e. The summed E-state index contributed by atoms with van der Waals surface area (Å²) in [6.45, 7) is 1.33. The van der Waals surface area contributed by atoms with Crippen molar-refractivity contribution >= 4 is 23.4 Å². The summed E-state index contributed by atoms with van der Waals surface area (Å²) in [4.78, 5) is 35.2. The van der Waals surface area contributed by atoms with Crippen LogP contribution < -0.4 is 11.1 Å². The molecule has 18 heavy (non-hydrogen) atoms. The minimum absolute atomic E-state index is 0.108. The highest BCUT2D eigenvalue weighted by molar-refractivity contribution is 5.98. The van der Waals surface area contributed by atoms with Gasteiger partial charge in [0.25, 0.3) is 11.6 Å². The van der Waals surface area contributed by atoms with E-state index in [1.807, 2.05) is 0 Å². The highest BCUT2D eigenvalue weighted by Gasteiger charge is 2.19. The molecule has 96 valence electrons. The molecule has 0 fully saturated rings. The predicted octanol–water partition coefficient (Wildman–Crippen LogP) is -0.0263. The summed E-state index contributed by atoms with van der Waals surface area (Å²) in [6.07, 6.45) is 0.906. The monoisotopic (exact) mass is 254 g/mol. The van der Waals surface area contributed by atoms with E-state index in [9.17, 15) is 19.7 Å². The van der Waals surface area contributed by atoms with Crippen LogP contribution in [0, 0.1) is 10.1 Å². The summed E-state index contributed by atoms with van der Waals surface area (Å²) >= 11 is 0. The Morgan fingerprint density at radius 3 is 2.67 bits per heavy atom. The molecular weight excluding hydrogens is 244 g/mol. The molecule has 1 rings (SSSR count). The van der Waals surface area contributed by atoms with Crippen LogP contribution in [-0.4, -0.2) is 32.9 Å². The lowest BCUT2D eigenvalue weighted by molar-refractivity contribution is -0.385. The van der Waals surface area contributed by atoms with Crippen LogP contribution in [0.3, 0.4) is 0 Å². The van der Waals surface area contributed by atoms with Crippen LogP contribution in [0.1, 0.15) is 17.3 Å². The van der Waals surface area contributed by atoms with Crippen LogP contribution in [0.25, 0.3) is 0 Å². The molecule has 0 aliphatic carbocycles. The zero-order valence-corrected chi connectivity index (χ0v) is 9.28. The topological polar surface area (TPSA) is 148 Å². The minimum Gasteiger partial charge on any atom is -0.480 e. The number of rotatable bonds is 5. The number of hydrogen-bond acceptors (Lipinski definition) is 6. The molecule has 0 aromatic carbocycles. The summed E-state index contributed by atoms with van der Waals surface area (Å²) in [5.41, 5.74) is 4.40. The van der Waals surface area contributed by atoms with Crippen LogP contribution in [-0.2, 0) is 4.79 Å². The summed E-state index contributed by atoms with van der Waals surface area (Å²) in [6, 6.07) is -0.0799. The van der Waals surface area contributed by atoms with Crippen molar-refractivity contribution in [2.24, 2.45) is 5.73 Å². The van der Waals surface area contributed by atoms with Gasteiger partial charge < -0.3 is 16.2 Å². The fourth-order valence-corrected chi connectivity index (χ4v) is 1.12. The van der Waals surface area contributed by atoms with Gasteiger partial charge in [-0.05, 0) is 6.92 Å². The zero-order chi connectivity index (χ0) is 13.9. The van der Waals surface area contributed by atoms with E-state index in [1.165, 1.54) is 6.92 Å². The summed E-state index contributed by atoms with van der Waals surface area (Å²) in [7, 11) is 0. The Kier molecular flexibility index (Phi) is 3.77. The molecule has 1 amide bonds. The molecular formula is C9H10N4O5. The number of nitrogens with one attached hydrogen (secondary N) is 1. The standard InChI is InChI=1S/C9H10N4O5/c1-4(9(15)16)12-8-6(7(10)14)2-5(3-11-8)13(17)18/h2-4H,1H3,(H2,10,14)(H,11,12)(H,15,16). The van der Waals surface area contributed by atoms with E-state index in [0.717, 1.165) is 12.3 Å². The van der Waals surface area contributed by atoms with E-state index in [2.05, 4.69) is 10.3 Å². The van der Waals surface area contributed by atoms with E-state index in [-0.39, 0.29) is 11.4 Å². The maximum absolute atomic E-state index is 11.1. The Morgan fingerprint density at radius 1 is 1.61 bits per heavy atom. The van der Waals surface area contributed by atoms with Gasteiger partial charge in [0.15, 0.2) is 0 Å². The molecule has 1 unspecified atom stereocenters. The van der Waals surface area contributed by atoms with Crippen molar-refractivity contribution in [2.45, 2.75) is 13.0 Å². The Balaban J connectivity index is 3.16. The lowest BCUT2D eigenvalue weighted by atomic mass is 10.2. The lowest BCUT2D eigenvalue weighted by Gasteiger charge is -2.11. The smallest absolute Gasteiger partial charge is 0.325 e. The number of carboxylic acids is 1. The first-order valence-corrected chi connectivity index (χ1v) is 4.76. The molecule has 1 aromatic rings. The number of nitrogens with two attached hydrogens (primary N) is 1. The van der Waals surface area contributed by atoms with Gasteiger partial charge in [-0.25, -0.2) is 4.98 Å². The van der Waals surface area contributed by atoms with Crippen molar-refractivity contribution in [2.75, 3.05) is 5.32 Å². The first-order chi connectivity index (χ1) is 8.32. The first-order valence-electron chi connectivity index (χ1n) is 4.76. The second-order valence-corrected chi connectivity index (χ2v) is 3.42. The quantitative estimate of drug-likeness (QED) is 0.493. The number of hydrogen-bond donors (Lipinski definition) is 3. The number of aliphatic carboxylic acids is 1. The van der Waals surface area contributed by atoms with E-state index >= 15 is 0 Å². The van der Waals surface area contributed by atoms with Crippen molar-refractivity contribution in [1.29, 1.82) is 0 Å². The van der Waals surface area contributed by atoms with E-state index in [0.29, 0.717) is 0 Å². The van der Waals surface area contributed by atoms with Crippen molar-refractivity contribution in [3.05, 3.63) is 27.9 Å². The average Bonchev–Trinajstić information content (AvgIpc) is 2.28. The fraction of sp³-hybridized carbons (Fsp3) is 0.222. The van der Waals surface area contributed by atoms with Gasteiger partial charge in [-0.15, -0.1) is 0 Å². The third-order valence-electron chi connectivity index (χ3n) is 2.07. The SMILES string of the molecule is CC(Nc1ncc([N+](=O)[O-])cc1C(N)=O)C(=O)O. The molecule has 0 aliphatic heterocycles. The number of carboxylic acid groups (broad SMARTS) is 1. The zero-order valence-electron chi connectivity index (χ0n) is 9.28. The summed E-state index contributed by atoms with van der Waals surface area (Å²) in [5.74, 6) is -2.21. The van der Waals surface area contributed by atoms with Crippen LogP contribution >= 0.6 is 0 Å². The molecule has 1 aromatic heterocycles.